The molecule has 3 rings (SSSR count). The quantitative estimate of drug-likeness (QED) is 0.464. The molecule has 1 amide bonds. The van der Waals surface area contributed by atoms with Crippen LogP contribution in [0.5, 0.6) is 5.75 Å². The molecule has 0 aliphatic heterocycles. The predicted octanol–water partition coefficient (Wildman–Crippen LogP) is 4.77. The molecule has 0 atom stereocenters. The summed E-state index contributed by atoms with van der Waals surface area (Å²) in [4.78, 5) is 19.6. The smallest absolute Gasteiger partial charge is 0.420 e. The van der Waals surface area contributed by atoms with E-state index in [1.54, 1.807) is 0 Å². The normalized spacial score (nSPS) is 11.5. The highest BCUT2D eigenvalue weighted by Crippen LogP contribution is 2.26. The Hall–Kier alpha value is -2.32. The highest BCUT2D eigenvalue weighted by Gasteiger charge is 2.27. The van der Waals surface area contributed by atoms with Crippen LogP contribution in [-0.4, -0.2) is 27.2 Å². The molecule has 0 unspecified atom stereocenters. The van der Waals surface area contributed by atoms with Crippen molar-refractivity contribution in [1.82, 2.24) is 9.97 Å². The maximum absolute atomic E-state index is 12.5. The number of nitrogens with one attached hydrogen (secondary N) is 2. The molecule has 26 heavy (non-hydrogen) atoms. The van der Waals surface area contributed by atoms with Crippen LogP contribution in [0.2, 0.25) is 0 Å². The number of carbonyl (C=O) groups is 1. The number of imidazole rings is 1. The number of ether oxygens (including phenoxy) is 1. The van der Waals surface area contributed by atoms with E-state index in [4.69, 9.17) is 11.6 Å². The van der Waals surface area contributed by atoms with Gasteiger partial charge in [0.05, 0.1) is 16.8 Å². The number of fused-ring (bicyclic) bond motifs is 1. The summed E-state index contributed by atoms with van der Waals surface area (Å²) >= 11 is 5.96. The number of anilines is 1. The minimum absolute atomic E-state index is 0.102. The molecule has 1 heterocycles. The summed E-state index contributed by atoms with van der Waals surface area (Å²) in [7, 11) is 0. The van der Waals surface area contributed by atoms with Gasteiger partial charge in [0.25, 0.3) is 0 Å². The van der Waals surface area contributed by atoms with Crippen LogP contribution in [-0.2, 0) is 4.79 Å². The maximum Gasteiger partial charge on any atom is 0.487 e. The molecule has 0 aliphatic rings. The van der Waals surface area contributed by atoms with Crippen molar-refractivity contribution in [3.8, 4) is 5.75 Å². The van der Waals surface area contributed by atoms with E-state index in [0.717, 1.165) is 16.6 Å². The van der Waals surface area contributed by atoms with Crippen molar-refractivity contribution in [2.75, 3.05) is 11.1 Å². The number of alkyl halides is 3. The number of thioether (sulfide) groups is 1. The molecule has 5 nitrogen and oxygen atoms in total. The Morgan fingerprint density at radius 3 is 2.73 bits per heavy atom. The fraction of sp³-hybridized carbons (Fsp3) is 0.176. The number of halogens is 3. The molecule has 3 aromatic rings. The summed E-state index contributed by atoms with van der Waals surface area (Å²) < 4.78 is 29.3. The van der Waals surface area contributed by atoms with Crippen molar-refractivity contribution in [2.24, 2.45) is 0 Å². The highest BCUT2D eigenvalue weighted by molar-refractivity contribution is 7.99. The fourth-order valence-corrected chi connectivity index (χ4v) is 3.01. The Labute approximate surface area is 157 Å². The first-order valence-electron chi connectivity index (χ1n) is 7.53. The second-order valence-electron chi connectivity index (χ2n) is 5.47. The van der Waals surface area contributed by atoms with Crippen molar-refractivity contribution >= 4 is 46.0 Å². The first-order chi connectivity index (χ1) is 12.3. The van der Waals surface area contributed by atoms with Gasteiger partial charge < -0.3 is 15.0 Å². The van der Waals surface area contributed by atoms with E-state index < -0.39 is 5.57 Å². The van der Waals surface area contributed by atoms with Crippen LogP contribution in [0.25, 0.3) is 11.0 Å². The van der Waals surface area contributed by atoms with Gasteiger partial charge in [-0.25, -0.2) is 4.98 Å². The topological polar surface area (TPSA) is 67.0 Å². The van der Waals surface area contributed by atoms with E-state index >= 15 is 0 Å². The lowest BCUT2D eigenvalue weighted by Gasteiger charge is -2.11. The lowest BCUT2D eigenvalue weighted by Crippen LogP contribution is -2.16. The first-order valence-corrected chi connectivity index (χ1v) is 8.90. The third-order valence-corrected chi connectivity index (χ3v) is 4.28. The zero-order chi connectivity index (χ0) is 18.7. The van der Waals surface area contributed by atoms with Crippen molar-refractivity contribution < 1.29 is 18.3 Å². The number of rotatable bonds is 6. The second-order valence-corrected chi connectivity index (χ2v) is 6.88. The van der Waals surface area contributed by atoms with Crippen LogP contribution < -0.4 is 10.1 Å². The summed E-state index contributed by atoms with van der Waals surface area (Å²) in [6.07, 6.45) is 0. The fourth-order valence-electron chi connectivity index (χ4n) is 2.24. The van der Waals surface area contributed by atoms with Crippen molar-refractivity contribution in [2.45, 2.75) is 17.6 Å². The van der Waals surface area contributed by atoms with Gasteiger partial charge in [0, 0.05) is 17.3 Å². The van der Waals surface area contributed by atoms with Gasteiger partial charge in [-0.1, -0.05) is 17.8 Å². The maximum atomic E-state index is 12.5. The first kappa shape index (κ1) is 18.5. The largest absolute Gasteiger partial charge is 0.487 e. The molecule has 0 aliphatic carbocycles. The number of aromatic nitrogens is 2. The standard InChI is InChI=1S/C17H14ClF2N3O2S/c1-10-2-7-13-14(8-10)23-16(22-13)26-9-15(24)21-11-3-5-12(6-4-11)25-17(18,19)20/h2-8H,9H2,1H3,(H,21,24)(H,22,23). The number of aryl methyl sites for hydroxylation is 1. The summed E-state index contributed by atoms with van der Waals surface area (Å²) in [5, 5.41) is 3.31. The molecule has 0 spiro atoms. The van der Waals surface area contributed by atoms with Gasteiger partial charge in [0.1, 0.15) is 5.75 Å². The van der Waals surface area contributed by atoms with Crippen molar-refractivity contribution in [3.05, 3.63) is 48.0 Å². The molecule has 0 radical (unpaired) electrons. The Kier molecular flexibility index (Phi) is 5.33. The molecule has 0 fully saturated rings. The van der Waals surface area contributed by atoms with E-state index in [0.29, 0.717) is 10.8 Å². The Morgan fingerprint density at radius 1 is 1.31 bits per heavy atom. The lowest BCUT2D eigenvalue weighted by molar-refractivity contribution is -0.113. The van der Waals surface area contributed by atoms with Crippen LogP contribution >= 0.6 is 23.4 Å². The third kappa shape index (κ3) is 5.09. The van der Waals surface area contributed by atoms with Crippen LogP contribution in [0.3, 0.4) is 0 Å². The molecular weight excluding hydrogens is 384 g/mol. The lowest BCUT2D eigenvalue weighted by atomic mass is 10.2. The molecule has 0 bridgehead atoms. The van der Waals surface area contributed by atoms with Gasteiger partial charge in [-0.2, -0.15) is 0 Å². The zero-order valence-corrected chi connectivity index (χ0v) is 15.1. The molecule has 9 heteroatoms. The minimum atomic E-state index is -3.77. The number of hydrogen-bond donors (Lipinski definition) is 2. The molecule has 136 valence electrons. The number of amides is 1. The molecule has 2 N–H and O–H groups in total. The number of benzene rings is 2. The van der Waals surface area contributed by atoms with Crippen molar-refractivity contribution in [1.29, 1.82) is 0 Å². The van der Waals surface area contributed by atoms with Gasteiger partial charge in [-0.3, -0.25) is 4.79 Å². The predicted molar refractivity (Wildman–Crippen MR) is 98.1 cm³/mol. The minimum Gasteiger partial charge on any atom is -0.420 e. The van der Waals surface area contributed by atoms with Gasteiger partial charge in [-0.05, 0) is 48.9 Å². The van der Waals surface area contributed by atoms with Crippen molar-refractivity contribution in [3.63, 3.8) is 0 Å². The molecule has 2 aromatic carbocycles. The number of aromatic amines is 1. The van der Waals surface area contributed by atoms with Crippen LogP contribution in [0.4, 0.5) is 14.5 Å². The third-order valence-electron chi connectivity index (χ3n) is 3.33. The number of carbonyl (C=O) groups excluding carboxylic acids is 1. The van der Waals surface area contributed by atoms with Gasteiger partial charge in [0.15, 0.2) is 5.16 Å². The average Bonchev–Trinajstić information content (AvgIpc) is 2.95. The monoisotopic (exact) mass is 397 g/mol. The summed E-state index contributed by atoms with van der Waals surface area (Å²) in [5.41, 5.74) is -0.437. The summed E-state index contributed by atoms with van der Waals surface area (Å²) in [5.74, 6) is -0.200. The SMILES string of the molecule is Cc1ccc2nc(SCC(=O)Nc3ccc(OC(F)(F)Cl)cc3)[nH]c2c1. The Morgan fingerprint density at radius 2 is 2.04 bits per heavy atom. The van der Waals surface area contributed by atoms with Crippen LogP contribution in [0.1, 0.15) is 5.56 Å². The van der Waals surface area contributed by atoms with Crippen LogP contribution in [0, 0.1) is 6.92 Å². The molecule has 1 aromatic heterocycles. The van der Waals surface area contributed by atoms with Crippen LogP contribution in [0.15, 0.2) is 47.6 Å². The molecular formula is C17H14ClF2N3O2S. The van der Waals surface area contributed by atoms with E-state index in [2.05, 4.69) is 20.0 Å². The zero-order valence-electron chi connectivity index (χ0n) is 13.6. The van der Waals surface area contributed by atoms with E-state index in [1.165, 1.54) is 36.0 Å². The van der Waals surface area contributed by atoms with E-state index in [9.17, 15) is 13.6 Å². The average molecular weight is 398 g/mol. The second kappa shape index (κ2) is 7.51. The number of hydrogen-bond acceptors (Lipinski definition) is 4. The number of H-pyrrole nitrogens is 1. The summed E-state index contributed by atoms with van der Waals surface area (Å²) in [6, 6.07) is 11.4. The Bertz CT molecular complexity index is 926. The Balaban J connectivity index is 1.54. The van der Waals surface area contributed by atoms with E-state index in [-0.39, 0.29) is 17.4 Å². The number of nitrogens with zero attached hydrogens (tertiary/aromatic N) is 1. The van der Waals surface area contributed by atoms with Gasteiger partial charge in [0.2, 0.25) is 5.91 Å². The molecule has 0 saturated heterocycles. The van der Waals surface area contributed by atoms with Gasteiger partial charge in [-0.15, -0.1) is 8.78 Å². The van der Waals surface area contributed by atoms with E-state index in [1.807, 2.05) is 25.1 Å². The van der Waals surface area contributed by atoms with Gasteiger partial charge >= 0.3 is 5.57 Å². The summed E-state index contributed by atoms with van der Waals surface area (Å²) in [6.45, 7) is 1.99. The highest BCUT2D eigenvalue weighted by atomic mass is 35.5. The molecule has 0 saturated carbocycles.